The molecule has 0 saturated carbocycles. The molecule has 3 aromatic rings. The van der Waals surface area contributed by atoms with Crippen molar-refractivity contribution in [3.63, 3.8) is 0 Å². The summed E-state index contributed by atoms with van der Waals surface area (Å²) in [4.78, 5) is 12.9. The van der Waals surface area contributed by atoms with E-state index >= 15 is 0 Å². The van der Waals surface area contributed by atoms with Crippen molar-refractivity contribution in [2.75, 3.05) is 5.73 Å². The molecular formula is C15H11N5. The number of nitriles is 1. The molecule has 0 aliphatic heterocycles. The summed E-state index contributed by atoms with van der Waals surface area (Å²) in [6.07, 6.45) is 1.71. The van der Waals surface area contributed by atoms with Crippen LogP contribution in [-0.2, 0) is 0 Å². The number of aromatic nitrogens is 3. The molecule has 2 heterocycles. The molecular weight excluding hydrogens is 250 g/mol. The van der Waals surface area contributed by atoms with Crippen molar-refractivity contribution in [2.24, 2.45) is 0 Å². The van der Waals surface area contributed by atoms with E-state index in [2.05, 4.69) is 15.0 Å². The molecule has 0 atom stereocenters. The highest BCUT2D eigenvalue weighted by Crippen LogP contribution is 2.25. The van der Waals surface area contributed by atoms with E-state index in [0.717, 1.165) is 10.8 Å². The summed E-state index contributed by atoms with van der Waals surface area (Å²) in [5, 5.41) is 11.0. The quantitative estimate of drug-likeness (QED) is 0.726. The fraction of sp³-hybridized carbons (Fsp3) is 0.0667. The van der Waals surface area contributed by atoms with Gasteiger partial charge in [0.1, 0.15) is 23.1 Å². The average Bonchev–Trinajstić information content (AvgIpc) is 2.46. The molecule has 0 amide bonds. The molecule has 1 aromatic carbocycles. The molecule has 0 saturated heterocycles. The van der Waals surface area contributed by atoms with Crippen molar-refractivity contribution in [1.82, 2.24) is 15.0 Å². The standard InChI is InChI=1S/C15H11N5/c1-9-12(8-16)14(17)20-15(19-9)13-11-5-3-2-4-10(11)6-7-18-13/h2-7H,1H3,(H2,17,19,20). The van der Waals surface area contributed by atoms with Gasteiger partial charge in [-0.25, -0.2) is 9.97 Å². The van der Waals surface area contributed by atoms with Crippen molar-refractivity contribution in [3.8, 4) is 17.6 Å². The highest BCUT2D eigenvalue weighted by atomic mass is 15.0. The number of rotatable bonds is 1. The van der Waals surface area contributed by atoms with E-state index < -0.39 is 0 Å². The summed E-state index contributed by atoms with van der Waals surface area (Å²) in [6, 6.07) is 11.8. The Morgan fingerprint density at radius 2 is 1.95 bits per heavy atom. The van der Waals surface area contributed by atoms with Crippen LogP contribution < -0.4 is 5.73 Å². The monoisotopic (exact) mass is 261 g/mol. The van der Waals surface area contributed by atoms with Crippen LogP contribution in [0.2, 0.25) is 0 Å². The second-order valence-electron chi connectivity index (χ2n) is 4.39. The number of pyridine rings is 1. The predicted octanol–water partition coefficient (Wildman–Crippen LogP) is 2.45. The number of nitrogens with two attached hydrogens (primary N) is 1. The first-order chi connectivity index (χ1) is 9.70. The van der Waals surface area contributed by atoms with E-state index in [1.165, 1.54) is 0 Å². The molecule has 20 heavy (non-hydrogen) atoms. The first-order valence-electron chi connectivity index (χ1n) is 6.09. The molecule has 0 spiro atoms. The van der Waals surface area contributed by atoms with Gasteiger partial charge in [-0.1, -0.05) is 24.3 Å². The molecule has 5 heteroatoms. The summed E-state index contributed by atoms with van der Waals surface area (Å²) >= 11 is 0. The van der Waals surface area contributed by atoms with Gasteiger partial charge >= 0.3 is 0 Å². The van der Waals surface area contributed by atoms with Crippen molar-refractivity contribution < 1.29 is 0 Å². The van der Waals surface area contributed by atoms with Gasteiger partial charge in [0.2, 0.25) is 0 Å². The minimum absolute atomic E-state index is 0.185. The number of hydrogen-bond acceptors (Lipinski definition) is 5. The second-order valence-corrected chi connectivity index (χ2v) is 4.39. The van der Waals surface area contributed by atoms with Gasteiger partial charge in [0.05, 0.1) is 5.69 Å². The highest BCUT2D eigenvalue weighted by Gasteiger charge is 2.13. The van der Waals surface area contributed by atoms with Crippen LogP contribution in [-0.4, -0.2) is 15.0 Å². The predicted molar refractivity (Wildman–Crippen MR) is 76.6 cm³/mol. The smallest absolute Gasteiger partial charge is 0.181 e. The van der Waals surface area contributed by atoms with Gasteiger partial charge < -0.3 is 5.73 Å². The molecule has 0 aliphatic carbocycles. The fourth-order valence-corrected chi connectivity index (χ4v) is 2.14. The zero-order valence-corrected chi connectivity index (χ0v) is 10.8. The van der Waals surface area contributed by atoms with Crippen LogP contribution in [0.5, 0.6) is 0 Å². The Hall–Kier alpha value is -3.00. The third-order valence-corrected chi connectivity index (χ3v) is 3.12. The number of aryl methyl sites for hydroxylation is 1. The normalized spacial score (nSPS) is 10.4. The summed E-state index contributed by atoms with van der Waals surface area (Å²) < 4.78 is 0. The Balaban J connectivity index is 2.30. The number of nitrogen functional groups attached to an aromatic ring is 1. The lowest BCUT2D eigenvalue weighted by Crippen LogP contribution is -2.03. The molecule has 0 fully saturated rings. The number of anilines is 1. The molecule has 5 nitrogen and oxygen atoms in total. The van der Waals surface area contributed by atoms with E-state index in [0.29, 0.717) is 22.8 Å². The van der Waals surface area contributed by atoms with E-state index in [1.54, 1.807) is 13.1 Å². The van der Waals surface area contributed by atoms with Gasteiger partial charge in [-0.05, 0) is 18.4 Å². The van der Waals surface area contributed by atoms with E-state index in [4.69, 9.17) is 11.0 Å². The Morgan fingerprint density at radius 3 is 2.70 bits per heavy atom. The third kappa shape index (κ3) is 1.84. The number of fused-ring (bicyclic) bond motifs is 1. The first kappa shape index (κ1) is 12.1. The highest BCUT2D eigenvalue weighted by molar-refractivity contribution is 5.93. The van der Waals surface area contributed by atoms with Crippen LogP contribution in [0.15, 0.2) is 36.5 Å². The van der Waals surface area contributed by atoms with Crippen LogP contribution >= 0.6 is 0 Å². The van der Waals surface area contributed by atoms with Crippen LogP contribution in [0.3, 0.4) is 0 Å². The van der Waals surface area contributed by atoms with Crippen molar-refractivity contribution in [3.05, 3.63) is 47.8 Å². The SMILES string of the molecule is Cc1nc(-c2nccc3ccccc23)nc(N)c1C#N. The lowest BCUT2D eigenvalue weighted by atomic mass is 10.1. The lowest BCUT2D eigenvalue weighted by Gasteiger charge is -2.07. The van der Waals surface area contributed by atoms with Gasteiger partial charge in [0.25, 0.3) is 0 Å². The maximum atomic E-state index is 9.01. The summed E-state index contributed by atoms with van der Waals surface area (Å²) in [5.74, 6) is 0.625. The van der Waals surface area contributed by atoms with Gasteiger partial charge in [-0.2, -0.15) is 5.26 Å². The van der Waals surface area contributed by atoms with Crippen LogP contribution in [0, 0.1) is 18.3 Å². The van der Waals surface area contributed by atoms with E-state index in [1.807, 2.05) is 36.4 Å². The molecule has 2 aromatic heterocycles. The first-order valence-corrected chi connectivity index (χ1v) is 6.09. The molecule has 0 radical (unpaired) electrons. The molecule has 2 N–H and O–H groups in total. The Morgan fingerprint density at radius 1 is 1.15 bits per heavy atom. The molecule has 96 valence electrons. The topological polar surface area (TPSA) is 88.5 Å². The van der Waals surface area contributed by atoms with Gasteiger partial charge in [-0.3, -0.25) is 4.98 Å². The van der Waals surface area contributed by atoms with Crippen LogP contribution in [0.1, 0.15) is 11.3 Å². The van der Waals surface area contributed by atoms with Crippen molar-refractivity contribution in [1.29, 1.82) is 5.26 Å². The summed E-state index contributed by atoms with van der Waals surface area (Å²) in [5.41, 5.74) is 7.36. The molecule has 3 rings (SSSR count). The molecule has 0 aliphatic rings. The maximum Gasteiger partial charge on any atom is 0.181 e. The number of nitrogens with zero attached hydrogens (tertiary/aromatic N) is 4. The molecule has 0 bridgehead atoms. The maximum absolute atomic E-state index is 9.01. The van der Waals surface area contributed by atoms with Crippen LogP contribution in [0.4, 0.5) is 5.82 Å². The zero-order chi connectivity index (χ0) is 14.1. The Labute approximate surface area is 115 Å². The summed E-state index contributed by atoms with van der Waals surface area (Å²) in [6.45, 7) is 1.74. The van der Waals surface area contributed by atoms with Crippen molar-refractivity contribution >= 4 is 16.6 Å². The van der Waals surface area contributed by atoms with Gasteiger partial charge in [0.15, 0.2) is 5.82 Å². The van der Waals surface area contributed by atoms with Gasteiger partial charge in [0, 0.05) is 11.6 Å². The van der Waals surface area contributed by atoms with Crippen molar-refractivity contribution in [2.45, 2.75) is 6.92 Å². The zero-order valence-electron chi connectivity index (χ0n) is 10.8. The fourth-order valence-electron chi connectivity index (χ4n) is 2.14. The summed E-state index contributed by atoms with van der Waals surface area (Å²) in [7, 11) is 0. The Kier molecular flexibility index (Phi) is 2.77. The largest absolute Gasteiger partial charge is 0.382 e. The van der Waals surface area contributed by atoms with E-state index in [-0.39, 0.29) is 5.82 Å². The number of hydrogen-bond donors (Lipinski definition) is 1. The van der Waals surface area contributed by atoms with Gasteiger partial charge in [-0.15, -0.1) is 0 Å². The third-order valence-electron chi connectivity index (χ3n) is 3.12. The lowest BCUT2D eigenvalue weighted by molar-refractivity contribution is 1.09. The Bertz CT molecular complexity index is 820. The minimum Gasteiger partial charge on any atom is -0.382 e. The van der Waals surface area contributed by atoms with Crippen LogP contribution in [0.25, 0.3) is 22.3 Å². The molecule has 0 unspecified atom stereocenters. The number of benzene rings is 1. The average molecular weight is 261 g/mol. The van der Waals surface area contributed by atoms with E-state index in [9.17, 15) is 0 Å². The second kappa shape index (κ2) is 4.59. The minimum atomic E-state index is 0.185.